The lowest BCUT2D eigenvalue weighted by molar-refractivity contribution is 0.0600. The maximum Gasteiger partial charge on any atom is 0.337 e. The molecule has 3 aromatic carbocycles. The lowest BCUT2D eigenvalue weighted by Crippen LogP contribution is -2.18. The number of nitrogens with one attached hydrogen (secondary N) is 1. The molecule has 0 aliphatic rings. The fraction of sp³-hybridized carbons (Fsp3) is 0.179. The maximum atomic E-state index is 12.9. The van der Waals surface area contributed by atoms with E-state index < -0.39 is 0 Å². The molecule has 1 N–H and O–H groups in total. The lowest BCUT2D eigenvalue weighted by Gasteiger charge is -2.14. The molecule has 0 aliphatic carbocycles. The third kappa shape index (κ3) is 4.66. The molecule has 1 aromatic heterocycles. The molecule has 0 spiro atoms. The number of hydrogen-bond acceptors (Lipinski definition) is 5. The molecule has 0 atom stereocenters. The first-order valence-corrected chi connectivity index (χ1v) is 11.1. The Balaban J connectivity index is 1.60. The average Bonchev–Trinajstić information content (AvgIpc) is 3.15. The summed E-state index contributed by atoms with van der Waals surface area (Å²) in [6.07, 6.45) is 1.61. The number of benzene rings is 3. The molecule has 1 heterocycles. The molecule has 7 nitrogen and oxygen atoms in total. The summed E-state index contributed by atoms with van der Waals surface area (Å²) in [5.41, 5.74) is 8.12. The van der Waals surface area contributed by atoms with Crippen LogP contribution in [-0.4, -0.2) is 36.9 Å². The van der Waals surface area contributed by atoms with Crippen molar-refractivity contribution in [3.8, 4) is 11.4 Å². The Morgan fingerprint density at radius 1 is 0.943 bits per heavy atom. The van der Waals surface area contributed by atoms with Gasteiger partial charge in [0.15, 0.2) is 0 Å². The lowest BCUT2D eigenvalue weighted by atomic mass is 10.1. The summed E-state index contributed by atoms with van der Waals surface area (Å²) in [4.78, 5) is 24.9. The first kappa shape index (κ1) is 23.8. The number of hydrogen-bond donors (Lipinski definition) is 1. The van der Waals surface area contributed by atoms with E-state index in [4.69, 9.17) is 9.47 Å². The second-order valence-corrected chi connectivity index (χ2v) is 8.25. The highest BCUT2D eigenvalue weighted by atomic mass is 16.5. The SMILES string of the molecule is COC(=O)c1ccc(C)c(-n2c(C)cc(/C=N\NC(=O)c3cc4ccccc4cc3OC)c2C)c1. The van der Waals surface area contributed by atoms with E-state index in [1.807, 2.05) is 69.3 Å². The highest BCUT2D eigenvalue weighted by Gasteiger charge is 2.16. The van der Waals surface area contributed by atoms with Gasteiger partial charge in [-0.3, -0.25) is 4.79 Å². The van der Waals surface area contributed by atoms with Crippen molar-refractivity contribution in [2.24, 2.45) is 5.10 Å². The molecule has 0 bridgehead atoms. The molecule has 0 radical (unpaired) electrons. The van der Waals surface area contributed by atoms with Gasteiger partial charge in [-0.25, -0.2) is 10.2 Å². The van der Waals surface area contributed by atoms with Crippen LogP contribution in [0.4, 0.5) is 0 Å². The van der Waals surface area contributed by atoms with Crippen molar-refractivity contribution in [2.45, 2.75) is 20.8 Å². The molecule has 0 saturated heterocycles. The molecule has 35 heavy (non-hydrogen) atoms. The number of esters is 1. The van der Waals surface area contributed by atoms with Gasteiger partial charge in [0.05, 0.1) is 31.6 Å². The van der Waals surface area contributed by atoms with E-state index in [0.717, 1.165) is 39.0 Å². The molecule has 4 aromatic rings. The van der Waals surface area contributed by atoms with Crippen molar-refractivity contribution in [1.82, 2.24) is 9.99 Å². The Kier molecular flexibility index (Phi) is 6.68. The maximum absolute atomic E-state index is 12.9. The van der Waals surface area contributed by atoms with Crippen LogP contribution in [0.25, 0.3) is 16.5 Å². The van der Waals surface area contributed by atoms with Gasteiger partial charge in [0.2, 0.25) is 0 Å². The standard InChI is InChI=1S/C28H27N3O4/c1-17-10-11-22(28(33)35-5)14-25(17)31-18(2)12-23(19(31)3)16-29-30-27(32)24-13-20-8-6-7-9-21(20)15-26(24)34-4/h6-16H,1-5H3,(H,30,32)/b29-16-. The van der Waals surface area contributed by atoms with Crippen LogP contribution >= 0.6 is 0 Å². The van der Waals surface area contributed by atoms with Crippen LogP contribution in [0.1, 0.15) is 43.2 Å². The molecule has 0 fully saturated rings. The van der Waals surface area contributed by atoms with E-state index in [-0.39, 0.29) is 11.9 Å². The van der Waals surface area contributed by atoms with E-state index in [2.05, 4.69) is 15.1 Å². The Hall–Kier alpha value is -4.39. The van der Waals surface area contributed by atoms with Gasteiger partial charge in [-0.1, -0.05) is 30.3 Å². The van der Waals surface area contributed by atoms with Crippen LogP contribution in [0.3, 0.4) is 0 Å². The number of aromatic nitrogens is 1. The normalized spacial score (nSPS) is 11.1. The fourth-order valence-electron chi connectivity index (χ4n) is 4.17. The molecular weight excluding hydrogens is 442 g/mol. The fourth-order valence-corrected chi connectivity index (χ4v) is 4.17. The number of ether oxygens (including phenoxy) is 2. The van der Waals surface area contributed by atoms with Crippen LogP contribution in [0.5, 0.6) is 5.75 Å². The topological polar surface area (TPSA) is 81.9 Å². The van der Waals surface area contributed by atoms with Crippen molar-refractivity contribution in [2.75, 3.05) is 14.2 Å². The summed E-state index contributed by atoms with van der Waals surface area (Å²) in [7, 11) is 2.90. The van der Waals surface area contributed by atoms with Gasteiger partial charge in [-0.2, -0.15) is 5.10 Å². The number of methoxy groups -OCH3 is 2. The van der Waals surface area contributed by atoms with Gasteiger partial charge in [0.25, 0.3) is 5.91 Å². The van der Waals surface area contributed by atoms with Crippen molar-refractivity contribution in [3.05, 3.63) is 94.3 Å². The Morgan fingerprint density at radius 3 is 2.34 bits per heavy atom. The molecule has 7 heteroatoms. The van der Waals surface area contributed by atoms with Crippen molar-refractivity contribution < 1.29 is 19.1 Å². The van der Waals surface area contributed by atoms with Crippen molar-refractivity contribution in [1.29, 1.82) is 0 Å². The zero-order chi connectivity index (χ0) is 25.1. The molecular formula is C28H27N3O4. The molecule has 4 rings (SSSR count). The van der Waals surface area contributed by atoms with E-state index in [9.17, 15) is 9.59 Å². The van der Waals surface area contributed by atoms with Gasteiger partial charge in [-0.05, 0) is 67.4 Å². The van der Waals surface area contributed by atoms with Gasteiger partial charge < -0.3 is 14.0 Å². The van der Waals surface area contributed by atoms with Crippen molar-refractivity contribution >= 4 is 28.9 Å². The third-order valence-electron chi connectivity index (χ3n) is 6.02. The zero-order valence-electron chi connectivity index (χ0n) is 20.4. The smallest absolute Gasteiger partial charge is 0.337 e. The minimum atomic E-state index is -0.387. The molecule has 0 unspecified atom stereocenters. The third-order valence-corrected chi connectivity index (χ3v) is 6.02. The summed E-state index contributed by atoms with van der Waals surface area (Å²) in [5.74, 6) is -0.267. The Bertz CT molecular complexity index is 1470. The number of carbonyl (C=O) groups is 2. The van der Waals surface area contributed by atoms with E-state index >= 15 is 0 Å². The number of nitrogens with zero attached hydrogens (tertiary/aromatic N) is 2. The van der Waals surface area contributed by atoms with Crippen LogP contribution in [0, 0.1) is 20.8 Å². The van der Waals surface area contributed by atoms with Crippen LogP contribution in [0.15, 0.2) is 65.8 Å². The first-order chi connectivity index (χ1) is 16.8. The van der Waals surface area contributed by atoms with E-state index in [0.29, 0.717) is 16.9 Å². The summed E-state index contributed by atoms with van der Waals surface area (Å²) in [5, 5.41) is 6.13. The molecule has 1 amide bonds. The predicted molar refractivity (Wildman–Crippen MR) is 137 cm³/mol. The quantitative estimate of drug-likeness (QED) is 0.242. The number of amides is 1. The van der Waals surface area contributed by atoms with Gasteiger partial charge in [0.1, 0.15) is 5.75 Å². The Labute approximate surface area is 204 Å². The van der Waals surface area contributed by atoms with Crippen LogP contribution < -0.4 is 10.2 Å². The van der Waals surface area contributed by atoms with E-state index in [1.165, 1.54) is 14.2 Å². The number of carbonyl (C=O) groups excluding carboxylic acids is 2. The van der Waals surface area contributed by atoms with Gasteiger partial charge in [-0.15, -0.1) is 0 Å². The van der Waals surface area contributed by atoms with Gasteiger partial charge >= 0.3 is 5.97 Å². The Morgan fingerprint density at radius 2 is 1.66 bits per heavy atom. The van der Waals surface area contributed by atoms with E-state index in [1.54, 1.807) is 18.3 Å². The summed E-state index contributed by atoms with van der Waals surface area (Å²) in [6.45, 7) is 5.93. The highest BCUT2D eigenvalue weighted by Crippen LogP contribution is 2.26. The highest BCUT2D eigenvalue weighted by molar-refractivity contribution is 6.02. The molecule has 0 aliphatic heterocycles. The number of fused-ring (bicyclic) bond motifs is 1. The number of rotatable bonds is 6. The minimum absolute atomic E-state index is 0.362. The molecule has 0 saturated carbocycles. The second-order valence-electron chi connectivity index (χ2n) is 8.25. The zero-order valence-corrected chi connectivity index (χ0v) is 20.4. The van der Waals surface area contributed by atoms with Crippen LogP contribution in [0.2, 0.25) is 0 Å². The second kappa shape index (κ2) is 9.85. The monoisotopic (exact) mass is 469 g/mol. The van der Waals surface area contributed by atoms with Crippen LogP contribution in [-0.2, 0) is 4.74 Å². The largest absolute Gasteiger partial charge is 0.496 e. The number of aryl methyl sites for hydroxylation is 2. The number of hydrazone groups is 1. The van der Waals surface area contributed by atoms with Crippen molar-refractivity contribution in [3.63, 3.8) is 0 Å². The summed E-state index contributed by atoms with van der Waals surface area (Å²) >= 11 is 0. The molecule has 178 valence electrons. The summed E-state index contributed by atoms with van der Waals surface area (Å²) in [6, 6.07) is 18.8. The average molecular weight is 470 g/mol. The van der Waals surface area contributed by atoms with Gasteiger partial charge in [0, 0.05) is 22.6 Å². The first-order valence-electron chi connectivity index (χ1n) is 11.1. The summed E-state index contributed by atoms with van der Waals surface area (Å²) < 4.78 is 12.3. The predicted octanol–water partition coefficient (Wildman–Crippen LogP) is 5.11. The minimum Gasteiger partial charge on any atom is -0.496 e.